The van der Waals surface area contributed by atoms with E-state index in [0.717, 1.165) is 16.6 Å². The molecule has 1 aromatic heterocycles. The van der Waals surface area contributed by atoms with Crippen LogP contribution in [-0.4, -0.2) is 4.98 Å². The monoisotopic (exact) mass is 673 g/mol. The van der Waals surface area contributed by atoms with Crippen molar-refractivity contribution in [1.29, 1.82) is 0 Å². The molecule has 0 fully saturated rings. The maximum absolute atomic E-state index is 5.30. The van der Waals surface area contributed by atoms with Gasteiger partial charge in [0.2, 0.25) is 0 Å². The lowest BCUT2D eigenvalue weighted by Gasteiger charge is -2.24. The summed E-state index contributed by atoms with van der Waals surface area (Å²) in [5.74, 6) is 0. The van der Waals surface area contributed by atoms with Gasteiger partial charge in [0.05, 0.1) is 11.2 Å². The van der Waals surface area contributed by atoms with Crippen LogP contribution in [0.3, 0.4) is 0 Å². The number of fused-ring (bicyclic) bond motifs is 9. The van der Waals surface area contributed by atoms with Gasteiger partial charge in [-0.15, -0.1) is 0 Å². The Morgan fingerprint density at radius 1 is 0.358 bits per heavy atom. The second-order valence-electron chi connectivity index (χ2n) is 15.1. The molecule has 0 bridgehead atoms. The molecule has 0 N–H and O–H groups in total. The highest BCUT2D eigenvalue weighted by Crippen LogP contribution is 2.55. The molecule has 0 atom stereocenters. The average molecular weight is 674 g/mol. The fourth-order valence-corrected chi connectivity index (χ4v) is 9.25. The number of rotatable bonds is 3. The largest absolute Gasteiger partial charge is 0.248 e. The summed E-state index contributed by atoms with van der Waals surface area (Å²) in [6, 6.07) is 64.9. The van der Waals surface area contributed by atoms with Crippen molar-refractivity contribution < 1.29 is 0 Å². The van der Waals surface area contributed by atoms with Gasteiger partial charge in [0.15, 0.2) is 0 Å². The predicted octanol–water partition coefficient (Wildman–Crippen LogP) is 14.2. The van der Waals surface area contributed by atoms with Gasteiger partial charge in [0, 0.05) is 16.4 Å². The standard InChI is InChI=1S/C52H35N/c1-52(2)45-21-11-10-20-42(45)50-38-17-7-6-16-37(38)44(31-46(50)52)49-39-18-8-9-19-40(39)51(48-28-26-33-14-5-12-22-47(33)53-48)41-27-25-36(30-43(41)49)35-24-23-32-13-3-4-15-34(32)29-35/h3-31H,1-2H3. The van der Waals surface area contributed by atoms with Gasteiger partial charge >= 0.3 is 0 Å². The number of hydrogen-bond donors (Lipinski definition) is 0. The zero-order valence-electron chi connectivity index (χ0n) is 29.7. The Morgan fingerprint density at radius 2 is 0.943 bits per heavy atom. The molecule has 1 nitrogen and oxygen atoms in total. The summed E-state index contributed by atoms with van der Waals surface area (Å²) >= 11 is 0. The van der Waals surface area contributed by atoms with Crippen LogP contribution >= 0.6 is 0 Å². The average Bonchev–Trinajstić information content (AvgIpc) is 3.45. The van der Waals surface area contributed by atoms with Crippen LogP contribution in [0.2, 0.25) is 0 Å². The molecular weight excluding hydrogens is 639 g/mol. The number of aromatic nitrogens is 1. The number of para-hydroxylation sites is 1. The molecule has 0 radical (unpaired) electrons. The van der Waals surface area contributed by atoms with Crippen molar-refractivity contribution in [2.24, 2.45) is 0 Å². The zero-order valence-corrected chi connectivity index (χ0v) is 29.7. The van der Waals surface area contributed by atoms with Crippen LogP contribution in [0.15, 0.2) is 176 Å². The van der Waals surface area contributed by atoms with Gasteiger partial charge in [0.1, 0.15) is 0 Å². The lowest BCUT2D eigenvalue weighted by molar-refractivity contribution is 0.661. The Bertz CT molecular complexity index is 3150. The summed E-state index contributed by atoms with van der Waals surface area (Å²) in [6.07, 6.45) is 0. The molecule has 0 saturated carbocycles. The molecule has 1 heterocycles. The van der Waals surface area contributed by atoms with Gasteiger partial charge in [-0.3, -0.25) is 0 Å². The van der Waals surface area contributed by atoms with E-state index in [2.05, 4.69) is 190 Å². The molecule has 11 rings (SSSR count). The Kier molecular flexibility index (Phi) is 6.37. The van der Waals surface area contributed by atoms with Gasteiger partial charge in [-0.25, -0.2) is 4.98 Å². The minimum absolute atomic E-state index is 0.137. The maximum atomic E-state index is 5.30. The molecule has 1 heteroatoms. The normalized spacial score (nSPS) is 13.2. The van der Waals surface area contributed by atoms with Crippen LogP contribution in [0.4, 0.5) is 0 Å². The van der Waals surface area contributed by atoms with Crippen LogP contribution < -0.4 is 0 Å². The fourth-order valence-electron chi connectivity index (χ4n) is 9.25. The molecule has 0 aliphatic heterocycles. The summed E-state index contributed by atoms with van der Waals surface area (Å²) in [4.78, 5) is 5.30. The quantitative estimate of drug-likeness (QED) is 0.170. The van der Waals surface area contributed by atoms with E-state index in [1.54, 1.807) is 0 Å². The topological polar surface area (TPSA) is 12.9 Å². The molecule has 0 spiro atoms. The number of pyridine rings is 1. The van der Waals surface area contributed by atoms with Crippen molar-refractivity contribution in [3.05, 3.63) is 187 Å². The van der Waals surface area contributed by atoms with Crippen molar-refractivity contribution in [3.63, 3.8) is 0 Å². The lowest BCUT2D eigenvalue weighted by Crippen LogP contribution is -2.15. The molecule has 0 amide bonds. The Balaban J connectivity index is 1.29. The number of benzene rings is 9. The second kappa shape index (κ2) is 11.2. The van der Waals surface area contributed by atoms with E-state index in [1.165, 1.54) is 93.2 Å². The molecule has 248 valence electrons. The Hall–Kier alpha value is -6.57. The third-order valence-corrected chi connectivity index (χ3v) is 11.8. The van der Waals surface area contributed by atoms with Crippen molar-refractivity contribution in [2.75, 3.05) is 0 Å². The van der Waals surface area contributed by atoms with E-state index in [4.69, 9.17) is 4.98 Å². The molecule has 53 heavy (non-hydrogen) atoms. The van der Waals surface area contributed by atoms with Gasteiger partial charge in [-0.05, 0) is 118 Å². The highest BCUT2D eigenvalue weighted by atomic mass is 14.7. The SMILES string of the molecule is CC1(C)c2ccccc2-c2c1cc(-c1c3ccccc3c(-c3ccc4ccccc4n3)c3ccc(-c4ccc5ccccc5c4)cc13)c1ccccc21. The third kappa shape index (κ3) is 4.41. The van der Waals surface area contributed by atoms with Crippen LogP contribution in [0.1, 0.15) is 25.0 Å². The zero-order chi connectivity index (χ0) is 35.3. The number of nitrogens with zero attached hydrogens (tertiary/aromatic N) is 1. The molecule has 1 aliphatic rings. The first-order valence-corrected chi connectivity index (χ1v) is 18.5. The molecular formula is C52H35N. The van der Waals surface area contributed by atoms with Crippen LogP contribution in [0.25, 0.3) is 98.6 Å². The molecule has 9 aromatic carbocycles. The van der Waals surface area contributed by atoms with Gasteiger partial charge in [-0.2, -0.15) is 0 Å². The second-order valence-corrected chi connectivity index (χ2v) is 15.1. The summed E-state index contributed by atoms with van der Waals surface area (Å²) < 4.78 is 0. The van der Waals surface area contributed by atoms with Crippen molar-refractivity contribution in [1.82, 2.24) is 4.98 Å². The van der Waals surface area contributed by atoms with Crippen LogP contribution in [-0.2, 0) is 5.41 Å². The first kappa shape index (κ1) is 30.1. The molecule has 10 aromatic rings. The van der Waals surface area contributed by atoms with E-state index in [1.807, 2.05) is 0 Å². The molecule has 1 aliphatic carbocycles. The van der Waals surface area contributed by atoms with E-state index in [-0.39, 0.29) is 5.41 Å². The van der Waals surface area contributed by atoms with E-state index >= 15 is 0 Å². The maximum Gasteiger partial charge on any atom is 0.0722 e. The van der Waals surface area contributed by atoms with Crippen LogP contribution in [0.5, 0.6) is 0 Å². The molecule has 0 saturated heterocycles. The lowest BCUT2D eigenvalue weighted by atomic mass is 9.79. The van der Waals surface area contributed by atoms with Gasteiger partial charge in [-0.1, -0.05) is 159 Å². The highest BCUT2D eigenvalue weighted by molar-refractivity contribution is 6.25. The number of hydrogen-bond acceptors (Lipinski definition) is 1. The van der Waals surface area contributed by atoms with E-state index in [9.17, 15) is 0 Å². The van der Waals surface area contributed by atoms with Crippen molar-refractivity contribution in [2.45, 2.75) is 19.3 Å². The summed E-state index contributed by atoms with van der Waals surface area (Å²) in [6.45, 7) is 4.78. The van der Waals surface area contributed by atoms with Crippen LogP contribution in [0, 0.1) is 0 Å². The Morgan fingerprint density at radius 3 is 1.77 bits per heavy atom. The predicted molar refractivity (Wildman–Crippen MR) is 226 cm³/mol. The fraction of sp³-hybridized carbons (Fsp3) is 0.0577. The molecule has 0 unspecified atom stereocenters. The third-order valence-electron chi connectivity index (χ3n) is 11.8. The van der Waals surface area contributed by atoms with E-state index in [0.29, 0.717) is 0 Å². The smallest absolute Gasteiger partial charge is 0.0722 e. The minimum Gasteiger partial charge on any atom is -0.248 e. The summed E-state index contributed by atoms with van der Waals surface area (Å²) in [5, 5.41) is 11.1. The van der Waals surface area contributed by atoms with Crippen molar-refractivity contribution in [3.8, 4) is 44.6 Å². The van der Waals surface area contributed by atoms with E-state index < -0.39 is 0 Å². The van der Waals surface area contributed by atoms with Gasteiger partial charge in [0.25, 0.3) is 0 Å². The summed E-state index contributed by atoms with van der Waals surface area (Å²) in [7, 11) is 0. The summed E-state index contributed by atoms with van der Waals surface area (Å²) in [5.41, 5.74) is 13.5. The Labute approximate surface area is 308 Å². The first-order valence-electron chi connectivity index (χ1n) is 18.5. The van der Waals surface area contributed by atoms with Crippen molar-refractivity contribution >= 4 is 54.0 Å². The minimum atomic E-state index is -0.137. The highest BCUT2D eigenvalue weighted by Gasteiger charge is 2.37. The first-order chi connectivity index (χ1) is 26.0. The van der Waals surface area contributed by atoms with Gasteiger partial charge < -0.3 is 0 Å².